The summed E-state index contributed by atoms with van der Waals surface area (Å²) in [4.78, 5) is 10.7. The second kappa shape index (κ2) is 7.68. The maximum Gasteiger partial charge on any atom is 0.328 e. The molecule has 27 heavy (non-hydrogen) atoms. The standard InChI is InChI=1S/C23H19ClO3/c1-14-4-3-5-15(2)23(14)19-13-17(8-10-21(19)25)18-9-6-16(12-20(18)24)7-11-22(26)27/h3-13,25H,1-2H3,(H,26,27). The third-order valence-corrected chi connectivity index (χ3v) is 4.78. The van der Waals surface area contributed by atoms with E-state index in [-0.39, 0.29) is 5.75 Å². The van der Waals surface area contributed by atoms with Crippen molar-refractivity contribution in [3.8, 4) is 28.0 Å². The van der Waals surface area contributed by atoms with Crippen molar-refractivity contribution >= 4 is 23.6 Å². The first kappa shape index (κ1) is 18.7. The summed E-state index contributed by atoms with van der Waals surface area (Å²) in [6.45, 7) is 4.04. The van der Waals surface area contributed by atoms with Gasteiger partial charge in [0, 0.05) is 22.2 Å². The summed E-state index contributed by atoms with van der Waals surface area (Å²) in [5, 5.41) is 19.7. The number of aromatic hydroxyl groups is 1. The molecule has 0 atom stereocenters. The van der Waals surface area contributed by atoms with E-state index in [4.69, 9.17) is 16.7 Å². The quantitative estimate of drug-likeness (QED) is 0.540. The molecule has 0 amide bonds. The lowest BCUT2D eigenvalue weighted by molar-refractivity contribution is -0.131. The topological polar surface area (TPSA) is 57.5 Å². The predicted octanol–water partition coefficient (Wildman–Crippen LogP) is 6.09. The third kappa shape index (κ3) is 4.04. The van der Waals surface area contributed by atoms with Crippen LogP contribution in [0.5, 0.6) is 5.75 Å². The summed E-state index contributed by atoms with van der Waals surface area (Å²) < 4.78 is 0. The average Bonchev–Trinajstić information content (AvgIpc) is 2.61. The molecule has 3 rings (SSSR count). The average molecular weight is 379 g/mol. The number of hydrogen-bond acceptors (Lipinski definition) is 2. The van der Waals surface area contributed by atoms with E-state index in [1.165, 1.54) is 6.08 Å². The van der Waals surface area contributed by atoms with E-state index in [2.05, 4.69) is 0 Å². The van der Waals surface area contributed by atoms with Crippen molar-refractivity contribution in [3.63, 3.8) is 0 Å². The van der Waals surface area contributed by atoms with Crippen LogP contribution in [0.1, 0.15) is 16.7 Å². The van der Waals surface area contributed by atoms with Gasteiger partial charge in [-0.05, 0) is 65.9 Å². The largest absolute Gasteiger partial charge is 0.507 e. The van der Waals surface area contributed by atoms with E-state index >= 15 is 0 Å². The number of rotatable bonds is 4. The molecule has 0 aliphatic rings. The number of carboxylic acids is 1. The number of phenolic OH excluding ortho intramolecular Hbond substituents is 1. The highest BCUT2D eigenvalue weighted by Crippen LogP contribution is 2.38. The highest BCUT2D eigenvalue weighted by Gasteiger charge is 2.13. The molecule has 0 aliphatic carbocycles. The zero-order valence-corrected chi connectivity index (χ0v) is 15.8. The Morgan fingerprint density at radius 3 is 2.30 bits per heavy atom. The van der Waals surface area contributed by atoms with Crippen molar-refractivity contribution in [2.24, 2.45) is 0 Å². The number of carbonyl (C=O) groups is 1. The summed E-state index contributed by atoms with van der Waals surface area (Å²) in [6, 6.07) is 16.8. The number of aryl methyl sites for hydroxylation is 2. The van der Waals surface area contributed by atoms with Crippen LogP contribution in [0.25, 0.3) is 28.3 Å². The first-order valence-electron chi connectivity index (χ1n) is 8.47. The second-order valence-electron chi connectivity index (χ2n) is 6.41. The Labute approximate surface area is 163 Å². The molecule has 0 unspecified atom stereocenters. The van der Waals surface area contributed by atoms with Crippen molar-refractivity contribution in [3.05, 3.63) is 82.4 Å². The highest BCUT2D eigenvalue weighted by atomic mass is 35.5. The lowest BCUT2D eigenvalue weighted by Crippen LogP contribution is -1.90. The predicted molar refractivity (Wildman–Crippen MR) is 110 cm³/mol. The fourth-order valence-corrected chi connectivity index (χ4v) is 3.48. The minimum atomic E-state index is -1.01. The van der Waals surface area contributed by atoms with Gasteiger partial charge in [-0.15, -0.1) is 0 Å². The number of hydrogen-bond donors (Lipinski definition) is 2. The molecule has 3 aromatic carbocycles. The van der Waals surface area contributed by atoms with Crippen LogP contribution in [-0.2, 0) is 4.79 Å². The maximum absolute atomic E-state index is 10.7. The van der Waals surface area contributed by atoms with E-state index in [9.17, 15) is 9.90 Å². The molecule has 0 heterocycles. The molecule has 0 spiro atoms. The Balaban J connectivity index is 2.08. The molecule has 0 bridgehead atoms. The van der Waals surface area contributed by atoms with Gasteiger partial charge in [-0.1, -0.05) is 48.0 Å². The minimum Gasteiger partial charge on any atom is -0.507 e. The van der Waals surface area contributed by atoms with Crippen molar-refractivity contribution in [1.82, 2.24) is 0 Å². The Kier molecular flexibility index (Phi) is 5.33. The van der Waals surface area contributed by atoms with Crippen LogP contribution in [0.15, 0.2) is 60.7 Å². The zero-order chi connectivity index (χ0) is 19.6. The van der Waals surface area contributed by atoms with Crippen molar-refractivity contribution in [2.75, 3.05) is 0 Å². The molecule has 0 aromatic heterocycles. The fraction of sp³-hybridized carbons (Fsp3) is 0.0870. The van der Waals surface area contributed by atoms with Crippen molar-refractivity contribution in [2.45, 2.75) is 13.8 Å². The first-order valence-corrected chi connectivity index (χ1v) is 8.85. The molecule has 0 aliphatic heterocycles. The van der Waals surface area contributed by atoms with E-state index in [0.717, 1.165) is 39.5 Å². The Morgan fingerprint density at radius 1 is 0.963 bits per heavy atom. The Hall–Kier alpha value is -3.04. The SMILES string of the molecule is Cc1cccc(C)c1-c1cc(-c2ccc(C=CC(=O)O)cc2Cl)ccc1O. The summed E-state index contributed by atoms with van der Waals surface area (Å²) >= 11 is 6.44. The molecule has 136 valence electrons. The lowest BCUT2D eigenvalue weighted by Gasteiger charge is -2.14. The first-order chi connectivity index (χ1) is 12.9. The highest BCUT2D eigenvalue weighted by molar-refractivity contribution is 6.33. The number of carboxylic acid groups (broad SMARTS) is 1. The van der Waals surface area contributed by atoms with Gasteiger partial charge in [-0.25, -0.2) is 4.79 Å². The fourth-order valence-electron chi connectivity index (χ4n) is 3.18. The monoisotopic (exact) mass is 378 g/mol. The molecule has 3 aromatic rings. The van der Waals surface area contributed by atoms with Gasteiger partial charge in [-0.3, -0.25) is 0 Å². The van der Waals surface area contributed by atoms with Crippen molar-refractivity contribution in [1.29, 1.82) is 0 Å². The minimum absolute atomic E-state index is 0.216. The second-order valence-corrected chi connectivity index (χ2v) is 6.82. The summed E-state index contributed by atoms with van der Waals surface area (Å²) in [7, 11) is 0. The Bertz CT molecular complexity index is 1030. The normalized spacial score (nSPS) is 11.1. The van der Waals surface area contributed by atoms with Crippen LogP contribution in [0, 0.1) is 13.8 Å². The van der Waals surface area contributed by atoms with Gasteiger partial charge in [0.25, 0.3) is 0 Å². The molecular weight excluding hydrogens is 360 g/mol. The number of aliphatic carboxylic acids is 1. The van der Waals surface area contributed by atoms with E-state index in [1.54, 1.807) is 12.1 Å². The molecule has 0 saturated carbocycles. The van der Waals surface area contributed by atoms with Gasteiger partial charge >= 0.3 is 5.97 Å². The van der Waals surface area contributed by atoms with Crippen LogP contribution in [-0.4, -0.2) is 16.2 Å². The van der Waals surface area contributed by atoms with Crippen molar-refractivity contribution < 1.29 is 15.0 Å². The summed E-state index contributed by atoms with van der Waals surface area (Å²) in [5.41, 5.74) is 6.34. The third-order valence-electron chi connectivity index (χ3n) is 4.47. The van der Waals surface area contributed by atoms with Gasteiger partial charge in [0.2, 0.25) is 0 Å². The van der Waals surface area contributed by atoms with Crippen LogP contribution >= 0.6 is 11.6 Å². The maximum atomic E-state index is 10.7. The Morgan fingerprint density at radius 2 is 1.67 bits per heavy atom. The van der Waals surface area contributed by atoms with Crippen LogP contribution in [0.3, 0.4) is 0 Å². The van der Waals surface area contributed by atoms with Gasteiger partial charge in [0.1, 0.15) is 5.75 Å². The molecule has 0 radical (unpaired) electrons. The molecule has 4 heteroatoms. The molecule has 3 nitrogen and oxygen atoms in total. The number of phenols is 1. The smallest absolute Gasteiger partial charge is 0.328 e. The lowest BCUT2D eigenvalue weighted by atomic mass is 9.92. The van der Waals surface area contributed by atoms with E-state index < -0.39 is 5.97 Å². The van der Waals surface area contributed by atoms with E-state index in [1.807, 2.05) is 56.3 Å². The summed E-state index contributed by atoms with van der Waals surface area (Å²) in [5.74, 6) is -0.791. The number of benzene rings is 3. The van der Waals surface area contributed by atoms with Crippen LogP contribution < -0.4 is 0 Å². The molecule has 2 N–H and O–H groups in total. The molecule has 0 fully saturated rings. The van der Waals surface area contributed by atoms with Crippen LogP contribution in [0.2, 0.25) is 5.02 Å². The van der Waals surface area contributed by atoms with Gasteiger partial charge in [0.05, 0.1) is 0 Å². The zero-order valence-electron chi connectivity index (χ0n) is 15.0. The van der Waals surface area contributed by atoms with Gasteiger partial charge < -0.3 is 10.2 Å². The van der Waals surface area contributed by atoms with Gasteiger partial charge in [0.15, 0.2) is 0 Å². The molecular formula is C23H19ClO3. The molecule has 0 saturated heterocycles. The van der Waals surface area contributed by atoms with Crippen LogP contribution in [0.4, 0.5) is 0 Å². The summed E-state index contributed by atoms with van der Waals surface area (Å²) in [6.07, 6.45) is 2.57. The van der Waals surface area contributed by atoms with E-state index in [0.29, 0.717) is 10.6 Å². The number of halogens is 1. The van der Waals surface area contributed by atoms with Gasteiger partial charge in [-0.2, -0.15) is 0 Å².